The van der Waals surface area contributed by atoms with Crippen molar-refractivity contribution in [1.82, 2.24) is 15.5 Å². The van der Waals surface area contributed by atoms with Crippen LogP contribution in [0.2, 0.25) is 0 Å². The monoisotopic (exact) mass is 230 g/mol. The molecule has 0 aliphatic heterocycles. The summed E-state index contributed by atoms with van der Waals surface area (Å²) in [5, 5.41) is 7.08. The van der Waals surface area contributed by atoms with Crippen molar-refractivity contribution in [2.75, 3.05) is 26.2 Å². The molecule has 0 radical (unpaired) electrons. The number of hydrogen-bond donors (Lipinski definition) is 2. The van der Waals surface area contributed by atoms with E-state index in [9.17, 15) is 0 Å². The maximum Gasteiger partial charge on any atom is 0.200 e. The van der Waals surface area contributed by atoms with Gasteiger partial charge in [-0.05, 0) is 39.9 Å². The van der Waals surface area contributed by atoms with Gasteiger partial charge in [-0.1, -0.05) is 0 Å². The fraction of sp³-hybridized carbons (Fsp3) is 0.800. The Hall–Kier alpha value is -0.840. The van der Waals surface area contributed by atoms with Gasteiger partial charge in [0, 0.05) is 26.2 Å². The molecular formula is C10H22N4S. The van der Waals surface area contributed by atoms with Crippen LogP contribution < -0.4 is 10.6 Å². The van der Waals surface area contributed by atoms with Gasteiger partial charge in [-0.2, -0.15) is 0 Å². The number of nitrogens with zero attached hydrogens (tertiary/aromatic N) is 2. The lowest BCUT2D eigenvalue weighted by Crippen LogP contribution is -2.49. The van der Waals surface area contributed by atoms with Crippen molar-refractivity contribution in [2.24, 2.45) is 4.99 Å². The van der Waals surface area contributed by atoms with Crippen LogP contribution in [0.1, 0.15) is 27.7 Å². The first kappa shape index (κ1) is 14.2. The van der Waals surface area contributed by atoms with E-state index in [-0.39, 0.29) is 0 Å². The van der Waals surface area contributed by atoms with E-state index < -0.39 is 0 Å². The average Bonchev–Trinajstić information content (AvgIpc) is 2.20. The smallest absolute Gasteiger partial charge is 0.200 e. The molecule has 0 unspecified atom stereocenters. The topological polar surface area (TPSA) is 39.7 Å². The lowest BCUT2D eigenvalue weighted by Gasteiger charge is -2.25. The van der Waals surface area contributed by atoms with Gasteiger partial charge in [0.05, 0.1) is 0 Å². The molecule has 15 heavy (non-hydrogen) atoms. The third-order valence-electron chi connectivity index (χ3n) is 1.79. The van der Waals surface area contributed by atoms with E-state index in [1.54, 1.807) is 0 Å². The van der Waals surface area contributed by atoms with Gasteiger partial charge >= 0.3 is 0 Å². The zero-order chi connectivity index (χ0) is 11.7. The van der Waals surface area contributed by atoms with Crippen LogP contribution in [0.3, 0.4) is 0 Å². The Bertz CT molecular complexity index is 215. The Balaban J connectivity index is 4.58. The molecule has 88 valence electrons. The third-order valence-corrected chi connectivity index (χ3v) is 2.15. The molecule has 0 heterocycles. The predicted octanol–water partition coefficient (Wildman–Crippen LogP) is 1.19. The van der Waals surface area contributed by atoms with E-state index >= 15 is 0 Å². The van der Waals surface area contributed by atoms with Crippen LogP contribution in [-0.2, 0) is 0 Å². The summed E-state index contributed by atoms with van der Waals surface area (Å²) in [7, 11) is 0. The first-order valence-electron chi connectivity index (χ1n) is 5.54. The quantitative estimate of drug-likeness (QED) is 0.432. The van der Waals surface area contributed by atoms with E-state index in [1.165, 1.54) is 0 Å². The summed E-state index contributed by atoms with van der Waals surface area (Å²) in [5.74, 6) is 0.855. The van der Waals surface area contributed by atoms with Crippen LogP contribution in [0.25, 0.3) is 0 Å². The Kier molecular flexibility index (Phi) is 7.99. The SMILES string of the molecule is CCN=C(NCC)N(CC)C(=S)NCC. The summed E-state index contributed by atoms with van der Waals surface area (Å²) >= 11 is 5.27. The molecule has 0 bridgehead atoms. The molecule has 0 saturated heterocycles. The predicted molar refractivity (Wildman–Crippen MR) is 70.3 cm³/mol. The summed E-state index contributed by atoms with van der Waals surface area (Å²) in [6, 6.07) is 0. The lowest BCUT2D eigenvalue weighted by atomic mass is 10.5. The number of thiocarbonyl (C=S) groups is 1. The van der Waals surface area contributed by atoms with Gasteiger partial charge in [0.2, 0.25) is 0 Å². The molecule has 0 aliphatic carbocycles. The van der Waals surface area contributed by atoms with Crippen LogP contribution in [0, 0.1) is 0 Å². The van der Waals surface area contributed by atoms with Gasteiger partial charge in [0.25, 0.3) is 0 Å². The van der Waals surface area contributed by atoms with Crippen LogP contribution in [0.15, 0.2) is 4.99 Å². The average molecular weight is 230 g/mol. The molecule has 0 aliphatic rings. The number of guanidine groups is 1. The van der Waals surface area contributed by atoms with Gasteiger partial charge in [-0.3, -0.25) is 9.89 Å². The van der Waals surface area contributed by atoms with Crippen molar-refractivity contribution in [3.8, 4) is 0 Å². The molecule has 0 aromatic rings. The van der Waals surface area contributed by atoms with Crippen molar-refractivity contribution in [3.05, 3.63) is 0 Å². The van der Waals surface area contributed by atoms with Crippen molar-refractivity contribution >= 4 is 23.3 Å². The molecule has 5 heteroatoms. The van der Waals surface area contributed by atoms with E-state index in [1.807, 2.05) is 18.7 Å². The van der Waals surface area contributed by atoms with E-state index in [0.717, 1.165) is 37.3 Å². The molecule has 4 nitrogen and oxygen atoms in total. The Labute approximate surface area is 98.1 Å². The Morgan fingerprint density at radius 1 is 1.13 bits per heavy atom. The molecular weight excluding hydrogens is 208 g/mol. The van der Waals surface area contributed by atoms with Gasteiger partial charge in [0.1, 0.15) is 0 Å². The number of nitrogens with one attached hydrogen (secondary N) is 2. The highest BCUT2D eigenvalue weighted by atomic mass is 32.1. The molecule has 0 spiro atoms. The number of aliphatic imine (C=N–C) groups is 1. The van der Waals surface area contributed by atoms with Gasteiger partial charge in [-0.15, -0.1) is 0 Å². The van der Waals surface area contributed by atoms with Crippen molar-refractivity contribution < 1.29 is 0 Å². The van der Waals surface area contributed by atoms with Crippen LogP contribution >= 0.6 is 12.2 Å². The fourth-order valence-corrected chi connectivity index (χ4v) is 1.54. The summed E-state index contributed by atoms with van der Waals surface area (Å²) in [6.45, 7) is 11.4. The summed E-state index contributed by atoms with van der Waals surface area (Å²) in [5.41, 5.74) is 0. The van der Waals surface area contributed by atoms with Crippen LogP contribution in [0.5, 0.6) is 0 Å². The molecule has 0 atom stereocenters. The number of rotatable bonds is 4. The second-order valence-corrected chi connectivity index (χ2v) is 3.29. The standard InChI is InChI=1S/C10H22N4S/c1-5-11-9(12-6-2)14(8-4)10(15)13-7-3/h5-8H2,1-4H3,(H,11,12)(H,13,15). The second-order valence-electron chi connectivity index (χ2n) is 2.91. The second kappa shape index (κ2) is 8.47. The van der Waals surface area contributed by atoms with Crippen molar-refractivity contribution in [1.29, 1.82) is 0 Å². The Morgan fingerprint density at radius 2 is 1.73 bits per heavy atom. The molecule has 0 aromatic carbocycles. The molecule has 0 amide bonds. The van der Waals surface area contributed by atoms with Gasteiger partial charge in [0.15, 0.2) is 11.1 Å². The maximum absolute atomic E-state index is 5.27. The normalized spacial score (nSPS) is 11.1. The minimum atomic E-state index is 0.730. The minimum absolute atomic E-state index is 0.730. The molecule has 0 saturated carbocycles. The summed E-state index contributed by atoms with van der Waals surface area (Å²) in [4.78, 5) is 6.37. The zero-order valence-electron chi connectivity index (χ0n) is 10.1. The van der Waals surface area contributed by atoms with E-state index in [2.05, 4.69) is 29.5 Å². The van der Waals surface area contributed by atoms with Gasteiger partial charge in [-0.25, -0.2) is 0 Å². The van der Waals surface area contributed by atoms with Crippen molar-refractivity contribution in [2.45, 2.75) is 27.7 Å². The maximum atomic E-state index is 5.27. The van der Waals surface area contributed by atoms with Crippen LogP contribution in [-0.4, -0.2) is 42.2 Å². The highest BCUT2D eigenvalue weighted by molar-refractivity contribution is 7.80. The summed E-state index contributed by atoms with van der Waals surface area (Å²) in [6.07, 6.45) is 0. The van der Waals surface area contributed by atoms with E-state index in [4.69, 9.17) is 12.2 Å². The molecule has 0 fully saturated rings. The van der Waals surface area contributed by atoms with Gasteiger partial charge < -0.3 is 10.6 Å². The summed E-state index contributed by atoms with van der Waals surface area (Å²) < 4.78 is 0. The van der Waals surface area contributed by atoms with Crippen LogP contribution in [0.4, 0.5) is 0 Å². The molecule has 2 N–H and O–H groups in total. The number of hydrogen-bond acceptors (Lipinski definition) is 2. The van der Waals surface area contributed by atoms with E-state index in [0.29, 0.717) is 0 Å². The largest absolute Gasteiger partial charge is 0.362 e. The lowest BCUT2D eigenvalue weighted by molar-refractivity contribution is 0.592. The molecule has 0 rings (SSSR count). The Morgan fingerprint density at radius 3 is 2.13 bits per heavy atom. The third kappa shape index (κ3) is 4.97. The fourth-order valence-electron chi connectivity index (χ4n) is 1.18. The zero-order valence-corrected chi connectivity index (χ0v) is 10.9. The highest BCUT2D eigenvalue weighted by Gasteiger charge is 2.12. The first-order valence-corrected chi connectivity index (χ1v) is 5.95. The molecule has 0 aromatic heterocycles. The first-order chi connectivity index (χ1) is 7.21. The van der Waals surface area contributed by atoms with Crippen molar-refractivity contribution in [3.63, 3.8) is 0 Å². The minimum Gasteiger partial charge on any atom is -0.362 e. The highest BCUT2D eigenvalue weighted by Crippen LogP contribution is 1.92.